The van der Waals surface area contributed by atoms with Crippen LogP contribution in [-0.2, 0) is 0 Å². The minimum Gasteiger partial charge on any atom is -0.393 e. The Kier molecular flexibility index (Phi) is 4.11. The molecule has 4 rings (SSSR count). The highest BCUT2D eigenvalue weighted by atomic mass is 16.3. The van der Waals surface area contributed by atoms with E-state index in [1.54, 1.807) is 0 Å². The Morgan fingerprint density at radius 3 is 2.39 bits per heavy atom. The Morgan fingerprint density at radius 1 is 0.870 bits per heavy atom. The van der Waals surface area contributed by atoms with Gasteiger partial charge in [0.2, 0.25) is 0 Å². The molecule has 8 unspecified atom stereocenters. The molecule has 0 saturated heterocycles. The van der Waals surface area contributed by atoms with Gasteiger partial charge in [0.15, 0.2) is 0 Å². The van der Waals surface area contributed by atoms with Crippen LogP contribution >= 0.6 is 0 Å². The van der Waals surface area contributed by atoms with E-state index in [0.717, 1.165) is 42.4 Å². The predicted molar refractivity (Wildman–Crippen MR) is 96.1 cm³/mol. The van der Waals surface area contributed by atoms with E-state index in [9.17, 15) is 5.11 Å². The lowest BCUT2D eigenvalue weighted by Crippen LogP contribution is -2.53. The summed E-state index contributed by atoms with van der Waals surface area (Å²) >= 11 is 0. The van der Waals surface area contributed by atoms with Gasteiger partial charge < -0.3 is 5.11 Å². The van der Waals surface area contributed by atoms with E-state index in [1.807, 2.05) is 0 Å². The van der Waals surface area contributed by atoms with E-state index in [4.69, 9.17) is 0 Å². The molecule has 4 fully saturated rings. The molecule has 4 saturated carbocycles. The molecule has 0 aromatic carbocycles. The van der Waals surface area contributed by atoms with Gasteiger partial charge in [0, 0.05) is 0 Å². The third-order valence-electron chi connectivity index (χ3n) is 9.47. The lowest BCUT2D eigenvalue weighted by molar-refractivity contribution is -0.126. The number of hydrogen-bond donors (Lipinski definition) is 1. The summed E-state index contributed by atoms with van der Waals surface area (Å²) in [6.07, 6.45) is 15.2. The van der Waals surface area contributed by atoms with Gasteiger partial charge in [-0.25, -0.2) is 0 Å². The first-order valence-corrected chi connectivity index (χ1v) is 10.7. The summed E-state index contributed by atoms with van der Waals surface area (Å²) in [4.78, 5) is 0. The Hall–Kier alpha value is -0.0400. The maximum absolute atomic E-state index is 10.1. The van der Waals surface area contributed by atoms with Crippen LogP contribution in [0.2, 0.25) is 0 Å². The van der Waals surface area contributed by atoms with Crippen molar-refractivity contribution in [1.82, 2.24) is 0 Å². The molecule has 0 spiro atoms. The van der Waals surface area contributed by atoms with Crippen molar-refractivity contribution >= 4 is 0 Å². The molecular formula is C22H38O. The summed E-state index contributed by atoms with van der Waals surface area (Å²) in [6.45, 7) is 7.66. The second kappa shape index (κ2) is 5.75. The largest absolute Gasteiger partial charge is 0.393 e. The van der Waals surface area contributed by atoms with Crippen molar-refractivity contribution in [1.29, 1.82) is 0 Å². The first-order chi connectivity index (χ1) is 11.0. The molecule has 0 aliphatic heterocycles. The van der Waals surface area contributed by atoms with Crippen molar-refractivity contribution in [3.05, 3.63) is 0 Å². The van der Waals surface area contributed by atoms with E-state index in [-0.39, 0.29) is 6.10 Å². The van der Waals surface area contributed by atoms with E-state index >= 15 is 0 Å². The second-order valence-electron chi connectivity index (χ2n) is 10.2. The Labute approximate surface area is 143 Å². The molecule has 4 aliphatic rings. The fraction of sp³-hybridized carbons (Fsp3) is 1.00. The van der Waals surface area contributed by atoms with Crippen molar-refractivity contribution < 1.29 is 5.11 Å². The molecule has 0 radical (unpaired) electrons. The molecule has 0 aromatic heterocycles. The van der Waals surface area contributed by atoms with Gasteiger partial charge in [0.25, 0.3) is 0 Å². The van der Waals surface area contributed by atoms with Gasteiger partial charge in [0.05, 0.1) is 6.10 Å². The molecule has 1 nitrogen and oxygen atoms in total. The lowest BCUT2D eigenvalue weighted by atomic mass is 9.44. The summed E-state index contributed by atoms with van der Waals surface area (Å²) in [5.41, 5.74) is 1.21. The maximum atomic E-state index is 10.1. The maximum Gasteiger partial charge on any atom is 0.0543 e. The molecule has 0 heterocycles. The van der Waals surface area contributed by atoms with Gasteiger partial charge in [-0.05, 0) is 98.2 Å². The Bertz CT molecular complexity index is 445. The zero-order valence-corrected chi connectivity index (χ0v) is 15.7. The average molecular weight is 319 g/mol. The average Bonchev–Trinajstić information content (AvgIpc) is 2.85. The first-order valence-electron chi connectivity index (χ1n) is 10.7. The molecule has 4 aliphatic carbocycles. The van der Waals surface area contributed by atoms with Crippen LogP contribution < -0.4 is 0 Å². The van der Waals surface area contributed by atoms with Gasteiger partial charge in [-0.15, -0.1) is 0 Å². The molecule has 23 heavy (non-hydrogen) atoms. The zero-order valence-electron chi connectivity index (χ0n) is 15.7. The standard InChI is InChI=1S/C22H38O/c1-4-5-15-7-9-19-18-8-6-16-14-17(23)10-12-22(16,3)20(18)11-13-21(15,19)2/h15-20,23H,4-14H2,1-3H3. The van der Waals surface area contributed by atoms with Gasteiger partial charge in [-0.3, -0.25) is 0 Å². The highest BCUT2D eigenvalue weighted by Crippen LogP contribution is 2.67. The number of rotatable bonds is 2. The molecule has 0 bridgehead atoms. The minimum atomic E-state index is -0.00102. The second-order valence-corrected chi connectivity index (χ2v) is 10.2. The minimum absolute atomic E-state index is 0.00102. The van der Waals surface area contributed by atoms with E-state index in [2.05, 4.69) is 20.8 Å². The molecule has 8 atom stereocenters. The van der Waals surface area contributed by atoms with Gasteiger partial charge in [-0.1, -0.05) is 33.6 Å². The number of aliphatic hydroxyl groups is 1. The molecule has 1 heteroatoms. The van der Waals surface area contributed by atoms with Crippen LogP contribution in [0.3, 0.4) is 0 Å². The van der Waals surface area contributed by atoms with Gasteiger partial charge in [-0.2, -0.15) is 0 Å². The third-order valence-corrected chi connectivity index (χ3v) is 9.47. The fourth-order valence-corrected chi connectivity index (χ4v) is 8.17. The number of aliphatic hydroxyl groups excluding tert-OH is 1. The number of fused-ring (bicyclic) bond motifs is 5. The summed E-state index contributed by atoms with van der Waals surface area (Å²) in [5, 5.41) is 10.1. The van der Waals surface area contributed by atoms with Gasteiger partial charge >= 0.3 is 0 Å². The van der Waals surface area contributed by atoms with Crippen molar-refractivity contribution in [3.63, 3.8) is 0 Å². The first kappa shape index (κ1) is 16.4. The molecule has 0 aromatic rings. The van der Waals surface area contributed by atoms with Crippen LogP contribution in [0, 0.1) is 40.4 Å². The SMILES string of the molecule is CCCC1CCC2C3CCC4CC(O)CCC4(C)C3CCC12C. The Morgan fingerprint density at radius 2 is 1.61 bits per heavy atom. The summed E-state index contributed by atoms with van der Waals surface area (Å²) in [7, 11) is 0. The van der Waals surface area contributed by atoms with Crippen molar-refractivity contribution in [2.75, 3.05) is 0 Å². The van der Waals surface area contributed by atoms with Crippen LogP contribution in [-0.4, -0.2) is 11.2 Å². The van der Waals surface area contributed by atoms with E-state index in [1.165, 1.54) is 57.8 Å². The number of hydrogen-bond acceptors (Lipinski definition) is 1. The summed E-state index contributed by atoms with van der Waals surface area (Å²) < 4.78 is 0. The van der Waals surface area contributed by atoms with E-state index in [0.29, 0.717) is 10.8 Å². The summed E-state index contributed by atoms with van der Waals surface area (Å²) in [5.74, 6) is 4.81. The highest BCUT2D eigenvalue weighted by molar-refractivity contribution is 5.09. The predicted octanol–water partition coefficient (Wildman–Crippen LogP) is 5.81. The molecule has 0 amide bonds. The highest BCUT2D eigenvalue weighted by Gasteiger charge is 2.59. The van der Waals surface area contributed by atoms with E-state index < -0.39 is 0 Å². The van der Waals surface area contributed by atoms with Crippen LogP contribution in [0.15, 0.2) is 0 Å². The molecule has 1 N–H and O–H groups in total. The quantitative estimate of drug-likeness (QED) is 0.681. The van der Waals surface area contributed by atoms with Crippen molar-refractivity contribution in [2.24, 2.45) is 40.4 Å². The van der Waals surface area contributed by atoms with Gasteiger partial charge in [0.1, 0.15) is 0 Å². The van der Waals surface area contributed by atoms with Crippen LogP contribution in [0.25, 0.3) is 0 Å². The van der Waals surface area contributed by atoms with Crippen LogP contribution in [0.5, 0.6) is 0 Å². The fourth-order valence-electron chi connectivity index (χ4n) is 8.17. The van der Waals surface area contributed by atoms with Crippen molar-refractivity contribution in [2.45, 2.75) is 97.5 Å². The normalized spacial score (nSPS) is 55.8. The topological polar surface area (TPSA) is 20.2 Å². The summed E-state index contributed by atoms with van der Waals surface area (Å²) in [6, 6.07) is 0. The van der Waals surface area contributed by atoms with Crippen LogP contribution in [0.1, 0.15) is 91.4 Å². The third kappa shape index (κ3) is 2.35. The van der Waals surface area contributed by atoms with Crippen molar-refractivity contribution in [3.8, 4) is 0 Å². The van der Waals surface area contributed by atoms with Crippen LogP contribution in [0.4, 0.5) is 0 Å². The smallest absolute Gasteiger partial charge is 0.0543 e. The zero-order chi connectivity index (χ0) is 16.2. The lowest BCUT2D eigenvalue weighted by Gasteiger charge is -2.61. The molecule has 132 valence electrons. The monoisotopic (exact) mass is 318 g/mol. The molecular weight excluding hydrogens is 280 g/mol. The Balaban J connectivity index is 1.58.